The summed E-state index contributed by atoms with van der Waals surface area (Å²) in [7, 11) is 0. The van der Waals surface area contributed by atoms with E-state index in [0.29, 0.717) is 25.1 Å². The summed E-state index contributed by atoms with van der Waals surface area (Å²) in [4.78, 5) is 31.6. The van der Waals surface area contributed by atoms with Crippen LogP contribution in [0.4, 0.5) is 0 Å². The summed E-state index contributed by atoms with van der Waals surface area (Å²) in [5.41, 5.74) is 2.45. The zero-order valence-corrected chi connectivity index (χ0v) is 18.6. The molecule has 3 aromatic rings. The number of carbonyl (C=O) groups is 2. The topological polar surface area (TPSA) is 75.4 Å². The zero-order valence-electron chi connectivity index (χ0n) is 17.0. The number of ketones is 1. The molecule has 158 valence electrons. The Morgan fingerprint density at radius 2 is 1.90 bits per heavy atom. The number of aromatic nitrogens is 2. The van der Waals surface area contributed by atoms with Crippen molar-refractivity contribution in [3.05, 3.63) is 94.0 Å². The van der Waals surface area contributed by atoms with Crippen molar-refractivity contribution in [3.8, 4) is 0 Å². The highest BCUT2D eigenvalue weighted by molar-refractivity contribution is 9.10. The Balaban J connectivity index is 1.73. The van der Waals surface area contributed by atoms with Gasteiger partial charge in [-0.3, -0.25) is 9.59 Å². The van der Waals surface area contributed by atoms with E-state index in [1.54, 1.807) is 29.6 Å². The molecule has 6 nitrogen and oxygen atoms in total. The van der Waals surface area contributed by atoms with Crippen LogP contribution in [0.2, 0.25) is 0 Å². The first-order chi connectivity index (χ1) is 15.0. The minimum atomic E-state index is -0.661. The highest BCUT2D eigenvalue weighted by Crippen LogP contribution is 2.40. The number of imidazole rings is 1. The summed E-state index contributed by atoms with van der Waals surface area (Å²) < 4.78 is 2.76. The van der Waals surface area contributed by atoms with Crippen LogP contribution in [0, 0.1) is 6.92 Å². The summed E-state index contributed by atoms with van der Waals surface area (Å²) in [5.74, 6) is -1.41. The molecule has 1 aliphatic rings. The lowest BCUT2D eigenvalue weighted by molar-refractivity contribution is -0.139. The van der Waals surface area contributed by atoms with Crippen molar-refractivity contribution in [2.45, 2.75) is 25.9 Å². The highest BCUT2D eigenvalue weighted by atomic mass is 79.9. The number of nitrogens with zero attached hydrogens (tertiary/aromatic N) is 3. The SMILES string of the molecule is Cc1ccc(C(O)=C2C(=O)C(=O)N(CCCn3ccnc3)[C@H]2c2cccc(Br)c2)cc1. The van der Waals surface area contributed by atoms with Gasteiger partial charge in [0.15, 0.2) is 0 Å². The predicted octanol–water partition coefficient (Wildman–Crippen LogP) is 4.47. The fourth-order valence-corrected chi connectivity index (χ4v) is 4.26. The van der Waals surface area contributed by atoms with Crippen LogP contribution < -0.4 is 0 Å². The molecule has 1 atom stereocenters. The van der Waals surface area contributed by atoms with Gasteiger partial charge in [0.05, 0.1) is 17.9 Å². The average molecular weight is 480 g/mol. The molecule has 0 saturated carbocycles. The van der Waals surface area contributed by atoms with Gasteiger partial charge in [-0.15, -0.1) is 0 Å². The van der Waals surface area contributed by atoms with Gasteiger partial charge < -0.3 is 14.6 Å². The van der Waals surface area contributed by atoms with E-state index in [2.05, 4.69) is 20.9 Å². The van der Waals surface area contributed by atoms with Crippen LogP contribution in [0.1, 0.15) is 29.2 Å². The lowest BCUT2D eigenvalue weighted by Crippen LogP contribution is -2.31. The largest absolute Gasteiger partial charge is 0.507 e. The standard InChI is InChI=1S/C24H22BrN3O3/c1-16-6-8-17(9-7-16)22(29)20-21(18-4-2-5-19(25)14-18)28(24(31)23(20)30)12-3-11-27-13-10-26-15-27/h2,4-10,13-15,21,29H,3,11-12H2,1H3/t21-/m0/s1. The van der Waals surface area contributed by atoms with E-state index < -0.39 is 17.7 Å². The van der Waals surface area contributed by atoms with Crippen LogP contribution in [0.3, 0.4) is 0 Å². The van der Waals surface area contributed by atoms with Crippen molar-refractivity contribution in [3.63, 3.8) is 0 Å². The smallest absolute Gasteiger partial charge is 0.295 e. The molecule has 1 amide bonds. The van der Waals surface area contributed by atoms with E-state index in [0.717, 1.165) is 15.6 Å². The molecule has 0 radical (unpaired) electrons. The van der Waals surface area contributed by atoms with E-state index in [1.165, 1.54) is 0 Å². The van der Waals surface area contributed by atoms with Crippen molar-refractivity contribution in [2.24, 2.45) is 0 Å². The maximum atomic E-state index is 13.0. The summed E-state index contributed by atoms with van der Waals surface area (Å²) in [6.07, 6.45) is 5.93. The Morgan fingerprint density at radius 1 is 1.13 bits per heavy atom. The molecule has 31 heavy (non-hydrogen) atoms. The maximum absolute atomic E-state index is 13.0. The summed E-state index contributed by atoms with van der Waals surface area (Å²) in [6.45, 7) is 3.00. The molecule has 0 bridgehead atoms. The third-order valence-electron chi connectivity index (χ3n) is 5.40. The third-order valence-corrected chi connectivity index (χ3v) is 5.90. The van der Waals surface area contributed by atoms with Crippen LogP contribution in [0.5, 0.6) is 0 Å². The molecule has 7 heteroatoms. The van der Waals surface area contributed by atoms with Crippen LogP contribution >= 0.6 is 15.9 Å². The number of halogens is 1. The van der Waals surface area contributed by atoms with Crippen molar-refractivity contribution in [1.29, 1.82) is 0 Å². The van der Waals surface area contributed by atoms with Crippen molar-refractivity contribution in [2.75, 3.05) is 6.54 Å². The molecule has 1 saturated heterocycles. The molecule has 2 heterocycles. The lowest BCUT2D eigenvalue weighted by atomic mass is 9.95. The molecule has 0 unspecified atom stereocenters. The molecule has 0 spiro atoms. The van der Waals surface area contributed by atoms with E-state index in [1.807, 2.05) is 54.1 Å². The maximum Gasteiger partial charge on any atom is 0.295 e. The highest BCUT2D eigenvalue weighted by Gasteiger charge is 2.45. The van der Waals surface area contributed by atoms with Gasteiger partial charge in [-0.1, -0.05) is 57.9 Å². The van der Waals surface area contributed by atoms with Gasteiger partial charge in [-0.05, 0) is 31.0 Å². The number of aryl methyl sites for hydroxylation is 2. The number of hydrogen-bond acceptors (Lipinski definition) is 4. The number of aliphatic hydroxyl groups excluding tert-OH is 1. The van der Waals surface area contributed by atoms with Gasteiger partial charge in [0.25, 0.3) is 11.7 Å². The monoisotopic (exact) mass is 479 g/mol. The number of rotatable bonds is 6. The Kier molecular flexibility index (Phi) is 6.04. The van der Waals surface area contributed by atoms with Gasteiger partial charge in [-0.25, -0.2) is 4.98 Å². The first kappa shape index (κ1) is 21.1. The molecule has 1 N–H and O–H groups in total. The zero-order chi connectivity index (χ0) is 22.0. The predicted molar refractivity (Wildman–Crippen MR) is 121 cm³/mol. The van der Waals surface area contributed by atoms with Gasteiger partial charge in [-0.2, -0.15) is 0 Å². The Morgan fingerprint density at radius 3 is 2.58 bits per heavy atom. The van der Waals surface area contributed by atoms with Crippen LogP contribution in [0.25, 0.3) is 5.76 Å². The molecular formula is C24H22BrN3O3. The minimum absolute atomic E-state index is 0.120. The quantitative estimate of drug-likeness (QED) is 0.321. The second-order valence-electron chi connectivity index (χ2n) is 7.57. The number of aliphatic hydroxyl groups is 1. The molecule has 1 aromatic heterocycles. The normalized spacial score (nSPS) is 18.0. The van der Waals surface area contributed by atoms with Crippen molar-refractivity contribution in [1.82, 2.24) is 14.5 Å². The fourth-order valence-electron chi connectivity index (χ4n) is 3.84. The molecule has 1 fully saturated rings. The fraction of sp³-hybridized carbons (Fsp3) is 0.208. The van der Waals surface area contributed by atoms with Gasteiger partial charge >= 0.3 is 0 Å². The Labute approximate surface area is 189 Å². The third kappa shape index (κ3) is 4.32. The number of benzene rings is 2. The van der Waals surface area contributed by atoms with E-state index >= 15 is 0 Å². The van der Waals surface area contributed by atoms with E-state index in [4.69, 9.17) is 0 Å². The first-order valence-corrected chi connectivity index (χ1v) is 10.8. The Hall–Kier alpha value is -3.19. The van der Waals surface area contributed by atoms with E-state index in [9.17, 15) is 14.7 Å². The summed E-state index contributed by atoms with van der Waals surface area (Å²) >= 11 is 3.47. The van der Waals surface area contributed by atoms with Crippen molar-refractivity contribution >= 4 is 33.4 Å². The first-order valence-electron chi connectivity index (χ1n) is 10.0. The average Bonchev–Trinajstić information content (AvgIpc) is 3.36. The number of likely N-dealkylation sites (tertiary alicyclic amines) is 1. The number of carbonyl (C=O) groups excluding carboxylic acids is 2. The van der Waals surface area contributed by atoms with Crippen LogP contribution in [-0.4, -0.2) is 37.8 Å². The molecule has 4 rings (SSSR count). The van der Waals surface area contributed by atoms with E-state index in [-0.39, 0.29) is 11.3 Å². The second-order valence-corrected chi connectivity index (χ2v) is 8.48. The lowest BCUT2D eigenvalue weighted by Gasteiger charge is -2.25. The molecule has 0 aliphatic carbocycles. The van der Waals surface area contributed by atoms with Gasteiger partial charge in [0.2, 0.25) is 0 Å². The van der Waals surface area contributed by atoms with Gasteiger partial charge in [0.1, 0.15) is 5.76 Å². The molecule has 2 aromatic carbocycles. The summed E-state index contributed by atoms with van der Waals surface area (Å²) in [5, 5.41) is 11.0. The number of hydrogen-bond donors (Lipinski definition) is 1. The molecular weight excluding hydrogens is 458 g/mol. The second kappa shape index (κ2) is 8.89. The number of amides is 1. The Bertz CT molecular complexity index is 1140. The number of Topliss-reactive ketones (excluding diaryl/α,β-unsaturated/α-hetero) is 1. The van der Waals surface area contributed by atoms with Gasteiger partial charge in [0, 0.05) is 35.5 Å². The van der Waals surface area contributed by atoms with Crippen LogP contribution in [0.15, 0.2) is 77.3 Å². The van der Waals surface area contributed by atoms with Crippen molar-refractivity contribution < 1.29 is 14.7 Å². The summed E-state index contributed by atoms with van der Waals surface area (Å²) in [6, 6.07) is 14.1. The van der Waals surface area contributed by atoms with Crippen LogP contribution in [-0.2, 0) is 16.1 Å². The molecule has 1 aliphatic heterocycles. The minimum Gasteiger partial charge on any atom is -0.507 e.